The molecular formula is C18H32N2O. The van der Waals surface area contributed by atoms with Gasteiger partial charge in [-0.1, -0.05) is 34.6 Å². The molecule has 1 saturated heterocycles. The van der Waals surface area contributed by atoms with Crippen LogP contribution in [0.25, 0.3) is 0 Å². The molecule has 0 radical (unpaired) electrons. The van der Waals surface area contributed by atoms with Gasteiger partial charge >= 0.3 is 0 Å². The van der Waals surface area contributed by atoms with Crippen LogP contribution in [0.4, 0.5) is 0 Å². The molecule has 3 heteroatoms. The van der Waals surface area contributed by atoms with Crippen LogP contribution in [0.2, 0.25) is 0 Å². The summed E-state index contributed by atoms with van der Waals surface area (Å²) in [6.45, 7) is 17.7. The minimum Gasteiger partial charge on any atom is -0.463 e. The molecule has 3 nitrogen and oxygen atoms in total. The SMILES string of the molecule is Cc1cc(CN2CCC(C(C)(C)C)C2)oc1CNC(C)C. The van der Waals surface area contributed by atoms with Gasteiger partial charge in [0.2, 0.25) is 0 Å². The van der Waals surface area contributed by atoms with E-state index >= 15 is 0 Å². The highest BCUT2D eigenvalue weighted by Gasteiger charge is 2.31. The third-order valence-electron chi connectivity index (χ3n) is 4.62. The first kappa shape index (κ1) is 16.6. The van der Waals surface area contributed by atoms with Gasteiger partial charge in [0, 0.05) is 12.6 Å². The summed E-state index contributed by atoms with van der Waals surface area (Å²) in [4.78, 5) is 2.54. The smallest absolute Gasteiger partial charge is 0.120 e. The Kier molecular flexibility index (Phi) is 5.15. The summed E-state index contributed by atoms with van der Waals surface area (Å²) in [5.41, 5.74) is 1.69. The maximum atomic E-state index is 6.04. The number of hydrogen-bond acceptors (Lipinski definition) is 3. The average Bonchev–Trinajstić information content (AvgIpc) is 2.94. The molecule has 1 unspecified atom stereocenters. The van der Waals surface area contributed by atoms with E-state index in [-0.39, 0.29) is 0 Å². The van der Waals surface area contributed by atoms with Crippen molar-refractivity contribution >= 4 is 0 Å². The Hall–Kier alpha value is -0.800. The van der Waals surface area contributed by atoms with Gasteiger partial charge in [0.1, 0.15) is 11.5 Å². The lowest BCUT2D eigenvalue weighted by Gasteiger charge is -2.26. The Labute approximate surface area is 130 Å². The Morgan fingerprint density at radius 1 is 1.38 bits per heavy atom. The Morgan fingerprint density at radius 2 is 2.10 bits per heavy atom. The summed E-state index contributed by atoms with van der Waals surface area (Å²) in [6.07, 6.45) is 1.31. The monoisotopic (exact) mass is 292 g/mol. The molecule has 1 aromatic heterocycles. The van der Waals surface area contributed by atoms with E-state index in [1.165, 1.54) is 25.1 Å². The highest BCUT2D eigenvalue weighted by molar-refractivity contribution is 5.20. The fraction of sp³-hybridized carbons (Fsp3) is 0.778. The van der Waals surface area contributed by atoms with Gasteiger partial charge in [0.05, 0.1) is 13.1 Å². The van der Waals surface area contributed by atoms with Crippen molar-refractivity contribution in [3.05, 3.63) is 23.2 Å². The van der Waals surface area contributed by atoms with Crippen LogP contribution in [-0.4, -0.2) is 24.0 Å². The molecule has 1 fully saturated rings. The fourth-order valence-corrected chi connectivity index (χ4v) is 3.04. The summed E-state index contributed by atoms with van der Waals surface area (Å²) in [6, 6.07) is 2.70. The number of hydrogen-bond donors (Lipinski definition) is 1. The van der Waals surface area contributed by atoms with Gasteiger partial charge in [-0.2, -0.15) is 0 Å². The molecule has 0 aromatic carbocycles. The van der Waals surface area contributed by atoms with E-state index in [0.29, 0.717) is 11.5 Å². The summed E-state index contributed by atoms with van der Waals surface area (Å²) < 4.78 is 6.04. The minimum atomic E-state index is 0.417. The first-order chi connectivity index (χ1) is 9.75. The van der Waals surface area contributed by atoms with Crippen LogP contribution < -0.4 is 5.32 Å². The first-order valence-electron chi connectivity index (χ1n) is 8.29. The second-order valence-corrected chi connectivity index (χ2v) is 7.94. The van der Waals surface area contributed by atoms with Gasteiger partial charge in [-0.15, -0.1) is 0 Å². The highest BCUT2D eigenvalue weighted by atomic mass is 16.3. The predicted molar refractivity (Wildman–Crippen MR) is 88.3 cm³/mol. The Morgan fingerprint density at radius 3 is 2.67 bits per heavy atom. The summed E-state index contributed by atoms with van der Waals surface area (Å²) in [5.74, 6) is 3.00. The molecule has 0 spiro atoms. The topological polar surface area (TPSA) is 28.4 Å². The molecule has 1 aromatic rings. The van der Waals surface area contributed by atoms with E-state index in [0.717, 1.165) is 30.5 Å². The second-order valence-electron chi connectivity index (χ2n) is 7.94. The standard InChI is InChI=1S/C18H32N2O/c1-13(2)19-10-17-14(3)9-16(21-17)12-20-8-7-15(11-20)18(4,5)6/h9,13,15,19H,7-8,10-12H2,1-6H3. The lowest BCUT2D eigenvalue weighted by atomic mass is 9.80. The summed E-state index contributed by atoms with van der Waals surface area (Å²) >= 11 is 0. The van der Waals surface area contributed by atoms with Gasteiger partial charge in [-0.25, -0.2) is 0 Å². The van der Waals surface area contributed by atoms with Crippen molar-refractivity contribution in [1.29, 1.82) is 0 Å². The van der Waals surface area contributed by atoms with E-state index in [9.17, 15) is 0 Å². The van der Waals surface area contributed by atoms with E-state index in [1.54, 1.807) is 0 Å². The maximum absolute atomic E-state index is 6.04. The normalized spacial score (nSPS) is 20.6. The third kappa shape index (κ3) is 4.58. The molecule has 1 N–H and O–H groups in total. The molecule has 2 heterocycles. The van der Waals surface area contributed by atoms with Crippen LogP contribution in [0, 0.1) is 18.3 Å². The molecule has 0 saturated carbocycles. The molecule has 1 aliphatic heterocycles. The third-order valence-corrected chi connectivity index (χ3v) is 4.62. The number of nitrogens with zero attached hydrogens (tertiary/aromatic N) is 1. The van der Waals surface area contributed by atoms with E-state index in [1.807, 2.05) is 0 Å². The van der Waals surface area contributed by atoms with Gasteiger partial charge in [-0.05, 0) is 42.9 Å². The van der Waals surface area contributed by atoms with Crippen LogP contribution in [0.1, 0.15) is 58.1 Å². The molecule has 21 heavy (non-hydrogen) atoms. The highest BCUT2D eigenvalue weighted by Crippen LogP contribution is 2.34. The van der Waals surface area contributed by atoms with E-state index in [4.69, 9.17) is 4.42 Å². The molecule has 0 aliphatic carbocycles. The Bertz CT molecular complexity index is 456. The van der Waals surface area contributed by atoms with Gasteiger partial charge in [0.25, 0.3) is 0 Å². The zero-order valence-electron chi connectivity index (χ0n) is 14.6. The molecule has 0 amide bonds. The van der Waals surface area contributed by atoms with Crippen molar-refractivity contribution in [1.82, 2.24) is 10.2 Å². The molecule has 1 aliphatic rings. The summed E-state index contributed by atoms with van der Waals surface area (Å²) in [7, 11) is 0. The molecule has 2 rings (SSSR count). The van der Waals surface area contributed by atoms with Crippen LogP contribution in [0.5, 0.6) is 0 Å². The van der Waals surface area contributed by atoms with Crippen LogP contribution in [0.3, 0.4) is 0 Å². The molecule has 0 bridgehead atoms. The number of furan rings is 1. The minimum absolute atomic E-state index is 0.417. The van der Waals surface area contributed by atoms with Crippen LogP contribution in [-0.2, 0) is 13.1 Å². The average molecular weight is 292 g/mol. The fourth-order valence-electron chi connectivity index (χ4n) is 3.04. The quantitative estimate of drug-likeness (QED) is 0.890. The van der Waals surface area contributed by atoms with Crippen molar-refractivity contribution in [2.75, 3.05) is 13.1 Å². The van der Waals surface area contributed by atoms with Crippen molar-refractivity contribution in [2.24, 2.45) is 11.3 Å². The molecular weight excluding hydrogens is 260 g/mol. The zero-order valence-corrected chi connectivity index (χ0v) is 14.6. The predicted octanol–water partition coefficient (Wildman–Crippen LogP) is 3.95. The Balaban J connectivity index is 1.91. The second kappa shape index (κ2) is 6.53. The van der Waals surface area contributed by atoms with Crippen molar-refractivity contribution < 1.29 is 4.42 Å². The van der Waals surface area contributed by atoms with Crippen LogP contribution in [0.15, 0.2) is 10.5 Å². The van der Waals surface area contributed by atoms with Gasteiger partial charge < -0.3 is 9.73 Å². The maximum Gasteiger partial charge on any atom is 0.120 e. The van der Waals surface area contributed by atoms with Crippen molar-refractivity contribution in [2.45, 2.75) is 67.1 Å². The van der Waals surface area contributed by atoms with E-state index in [2.05, 4.69) is 57.8 Å². The van der Waals surface area contributed by atoms with Crippen molar-refractivity contribution in [3.8, 4) is 0 Å². The lowest BCUT2D eigenvalue weighted by Crippen LogP contribution is -2.25. The summed E-state index contributed by atoms with van der Waals surface area (Å²) in [5, 5.41) is 3.43. The molecule has 120 valence electrons. The van der Waals surface area contributed by atoms with Crippen LogP contribution >= 0.6 is 0 Å². The van der Waals surface area contributed by atoms with E-state index < -0.39 is 0 Å². The van der Waals surface area contributed by atoms with Gasteiger partial charge in [0.15, 0.2) is 0 Å². The number of likely N-dealkylation sites (tertiary alicyclic amines) is 1. The zero-order chi connectivity index (χ0) is 15.6. The van der Waals surface area contributed by atoms with Gasteiger partial charge in [-0.3, -0.25) is 4.90 Å². The largest absolute Gasteiger partial charge is 0.463 e. The number of rotatable bonds is 5. The number of aryl methyl sites for hydroxylation is 1. The molecule has 1 atom stereocenters. The first-order valence-corrected chi connectivity index (χ1v) is 8.29. The lowest BCUT2D eigenvalue weighted by molar-refractivity contribution is 0.218. The van der Waals surface area contributed by atoms with Crippen molar-refractivity contribution in [3.63, 3.8) is 0 Å². The number of nitrogens with one attached hydrogen (secondary N) is 1.